The van der Waals surface area contributed by atoms with Crippen molar-refractivity contribution >= 4 is 21.6 Å². The van der Waals surface area contributed by atoms with Gasteiger partial charge in [0.15, 0.2) is 9.84 Å². The van der Waals surface area contributed by atoms with E-state index in [2.05, 4.69) is 15.0 Å². The Kier molecular flexibility index (Phi) is 4.45. The topological polar surface area (TPSA) is 85.4 Å². The molecule has 0 atom stereocenters. The second-order valence-corrected chi connectivity index (χ2v) is 5.36. The van der Waals surface area contributed by atoms with Crippen LogP contribution in [0.15, 0.2) is 23.2 Å². The van der Waals surface area contributed by atoms with Crippen LogP contribution in [0.4, 0.5) is 5.82 Å². The van der Waals surface area contributed by atoms with E-state index in [1.807, 2.05) is 0 Å². The third-order valence-electron chi connectivity index (χ3n) is 2.02. The summed E-state index contributed by atoms with van der Waals surface area (Å²) in [5.74, 6) is -0.117. The highest BCUT2D eigenvalue weighted by Gasteiger charge is 2.13. The van der Waals surface area contributed by atoms with E-state index in [9.17, 15) is 13.2 Å². The molecule has 1 rings (SSSR count). The number of carbonyl (C=O) groups excluding carboxylic acids is 1. The average Bonchev–Trinajstić information content (AvgIpc) is 2.28. The van der Waals surface area contributed by atoms with E-state index in [-0.39, 0.29) is 29.6 Å². The van der Waals surface area contributed by atoms with Crippen molar-refractivity contribution in [1.82, 2.24) is 4.98 Å². The monoisotopic (exact) mass is 258 g/mol. The van der Waals surface area contributed by atoms with Crippen LogP contribution in [0.1, 0.15) is 6.42 Å². The van der Waals surface area contributed by atoms with Crippen molar-refractivity contribution in [2.45, 2.75) is 11.3 Å². The Morgan fingerprint density at radius 1 is 1.53 bits per heavy atom. The smallest absolute Gasteiger partial charge is 0.307 e. The van der Waals surface area contributed by atoms with Crippen LogP contribution in [0.3, 0.4) is 0 Å². The number of nitrogens with one attached hydrogen (secondary N) is 1. The Bertz CT molecular complexity index is 499. The van der Waals surface area contributed by atoms with Crippen LogP contribution in [0.5, 0.6) is 0 Å². The molecule has 0 radical (unpaired) electrons. The summed E-state index contributed by atoms with van der Waals surface area (Å²) in [5, 5.41) is 2.79. The first kappa shape index (κ1) is 13.4. The molecule has 0 saturated heterocycles. The Morgan fingerprint density at radius 2 is 2.24 bits per heavy atom. The molecule has 0 spiro atoms. The molecule has 0 amide bonds. The lowest BCUT2D eigenvalue weighted by atomic mass is 10.4. The van der Waals surface area contributed by atoms with Crippen molar-refractivity contribution in [3.05, 3.63) is 18.3 Å². The van der Waals surface area contributed by atoms with Gasteiger partial charge in [-0.25, -0.2) is 13.4 Å². The number of esters is 1. The quantitative estimate of drug-likeness (QED) is 0.772. The van der Waals surface area contributed by atoms with Crippen LogP contribution in [0.25, 0.3) is 0 Å². The van der Waals surface area contributed by atoms with Gasteiger partial charge >= 0.3 is 5.97 Å². The Balaban J connectivity index is 2.75. The van der Waals surface area contributed by atoms with Gasteiger partial charge in [-0.15, -0.1) is 0 Å². The summed E-state index contributed by atoms with van der Waals surface area (Å²) >= 11 is 0. The van der Waals surface area contributed by atoms with E-state index < -0.39 is 9.84 Å². The maximum absolute atomic E-state index is 11.4. The van der Waals surface area contributed by atoms with E-state index in [1.165, 1.54) is 19.4 Å². The van der Waals surface area contributed by atoms with Crippen molar-refractivity contribution in [1.29, 1.82) is 0 Å². The summed E-state index contributed by atoms with van der Waals surface area (Å²) in [6.45, 7) is 0.270. The minimum Gasteiger partial charge on any atom is -0.469 e. The van der Waals surface area contributed by atoms with E-state index in [4.69, 9.17) is 0 Å². The molecular formula is C10H14N2O4S. The number of anilines is 1. The van der Waals surface area contributed by atoms with Crippen LogP contribution in [0, 0.1) is 0 Å². The minimum absolute atomic E-state index is 0.116. The number of sulfone groups is 1. The number of aromatic nitrogens is 1. The molecule has 0 saturated carbocycles. The molecule has 0 aliphatic rings. The van der Waals surface area contributed by atoms with Gasteiger partial charge in [0.25, 0.3) is 0 Å². The SMILES string of the molecule is COC(=O)CCNc1ncccc1S(C)(=O)=O. The zero-order chi connectivity index (χ0) is 12.9. The number of hydrogen-bond acceptors (Lipinski definition) is 6. The predicted octanol–water partition coefficient (Wildman–Crippen LogP) is 0.460. The van der Waals surface area contributed by atoms with Gasteiger partial charge in [-0.2, -0.15) is 0 Å². The second-order valence-electron chi connectivity index (χ2n) is 3.38. The lowest BCUT2D eigenvalue weighted by molar-refractivity contribution is -0.140. The number of nitrogens with zero attached hydrogens (tertiary/aromatic N) is 1. The molecule has 7 heteroatoms. The Morgan fingerprint density at radius 3 is 2.82 bits per heavy atom. The normalized spacial score (nSPS) is 10.9. The van der Waals surface area contributed by atoms with Gasteiger partial charge in [-0.1, -0.05) is 0 Å². The molecule has 94 valence electrons. The maximum Gasteiger partial charge on any atom is 0.307 e. The summed E-state index contributed by atoms with van der Waals surface area (Å²) < 4.78 is 27.3. The number of hydrogen-bond donors (Lipinski definition) is 1. The van der Waals surface area contributed by atoms with Gasteiger partial charge in [-0.05, 0) is 12.1 Å². The van der Waals surface area contributed by atoms with Gasteiger partial charge in [0.1, 0.15) is 10.7 Å². The summed E-state index contributed by atoms with van der Waals surface area (Å²) in [7, 11) is -2.03. The first-order valence-electron chi connectivity index (χ1n) is 4.91. The number of carbonyl (C=O) groups is 1. The molecule has 0 aliphatic heterocycles. The van der Waals surface area contributed by atoms with Crippen molar-refractivity contribution in [3.63, 3.8) is 0 Å². The third-order valence-corrected chi connectivity index (χ3v) is 3.15. The lowest BCUT2D eigenvalue weighted by Crippen LogP contribution is -2.13. The summed E-state index contributed by atoms with van der Waals surface area (Å²) in [5.41, 5.74) is 0. The molecule has 1 aromatic heterocycles. The molecule has 1 heterocycles. The Hall–Kier alpha value is -1.63. The molecule has 17 heavy (non-hydrogen) atoms. The summed E-state index contributed by atoms with van der Waals surface area (Å²) in [4.78, 5) is 14.9. The van der Waals surface area contributed by atoms with Crippen molar-refractivity contribution in [2.75, 3.05) is 25.2 Å². The van der Waals surface area contributed by atoms with Gasteiger partial charge in [-0.3, -0.25) is 4.79 Å². The zero-order valence-corrected chi connectivity index (χ0v) is 10.5. The zero-order valence-electron chi connectivity index (χ0n) is 9.63. The summed E-state index contributed by atoms with van der Waals surface area (Å²) in [6.07, 6.45) is 2.74. The van der Waals surface area contributed by atoms with Gasteiger partial charge in [0.2, 0.25) is 0 Å². The average molecular weight is 258 g/mol. The lowest BCUT2D eigenvalue weighted by Gasteiger charge is -2.08. The largest absolute Gasteiger partial charge is 0.469 e. The van der Waals surface area contributed by atoms with E-state index in [0.29, 0.717) is 0 Å². The fraction of sp³-hybridized carbons (Fsp3) is 0.400. The van der Waals surface area contributed by atoms with E-state index in [0.717, 1.165) is 6.26 Å². The molecule has 6 nitrogen and oxygen atoms in total. The van der Waals surface area contributed by atoms with Crippen LogP contribution < -0.4 is 5.32 Å². The van der Waals surface area contributed by atoms with Crippen LogP contribution >= 0.6 is 0 Å². The summed E-state index contributed by atoms with van der Waals surface area (Å²) in [6, 6.07) is 3.00. The third kappa shape index (κ3) is 4.03. The number of pyridine rings is 1. The molecule has 0 unspecified atom stereocenters. The highest BCUT2D eigenvalue weighted by atomic mass is 32.2. The van der Waals surface area contributed by atoms with Gasteiger partial charge < -0.3 is 10.1 Å². The fourth-order valence-corrected chi connectivity index (χ4v) is 2.01. The molecule has 0 aliphatic carbocycles. The molecular weight excluding hydrogens is 244 g/mol. The van der Waals surface area contributed by atoms with Crippen LogP contribution in [0.2, 0.25) is 0 Å². The van der Waals surface area contributed by atoms with E-state index in [1.54, 1.807) is 6.07 Å². The van der Waals surface area contributed by atoms with Crippen LogP contribution in [-0.4, -0.2) is 39.3 Å². The highest BCUT2D eigenvalue weighted by Crippen LogP contribution is 2.17. The van der Waals surface area contributed by atoms with E-state index >= 15 is 0 Å². The predicted molar refractivity (Wildman–Crippen MR) is 62.5 cm³/mol. The maximum atomic E-state index is 11.4. The Labute approximate surface area is 99.9 Å². The van der Waals surface area contributed by atoms with Gasteiger partial charge in [0, 0.05) is 19.0 Å². The second kappa shape index (κ2) is 5.62. The first-order valence-corrected chi connectivity index (χ1v) is 6.80. The standard InChI is InChI=1S/C10H14N2O4S/c1-16-9(13)5-7-12-10-8(17(2,14)15)4-3-6-11-10/h3-4,6H,5,7H2,1-2H3,(H,11,12). The number of ether oxygens (including phenoxy) is 1. The molecule has 0 bridgehead atoms. The van der Waals surface area contributed by atoms with Crippen molar-refractivity contribution in [2.24, 2.45) is 0 Å². The first-order chi connectivity index (χ1) is 7.95. The molecule has 0 fully saturated rings. The van der Waals surface area contributed by atoms with Crippen molar-refractivity contribution < 1.29 is 17.9 Å². The minimum atomic E-state index is -3.33. The highest BCUT2D eigenvalue weighted by molar-refractivity contribution is 7.90. The van der Waals surface area contributed by atoms with Crippen molar-refractivity contribution in [3.8, 4) is 0 Å². The van der Waals surface area contributed by atoms with Gasteiger partial charge in [0.05, 0.1) is 13.5 Å². The molecule has 1 aromatic rings. The fourth-order valence-electron chi connectivity index (χ4n) is 1.21. The number of rotatable bonds is 5. The van der Waals surface area contributed by atoms with Crippen LogP contribution in [-0.2, 0) is 19.4 Å². The number of methoxy groups -OCH3 is 1. The molecule has 1 N–H and O–H groups in total. The molecule has 0 aromatic carbocycles.